The van der Waals surface area contributed by atoms with Gasteiger partial charge in [0.1, 0.15) is 0 Å². The summed E-state index contributed by atoms with van der Waals surface area (Å²) in [5, 5.41) is 9.96. The average Bonchev–Trinajstić information content (AvgIpc) is 2.39. The van der Waals surface area contributed by atoms with Gasteiger partial charge < -0.3 is 5.11 Å². The van der Waals surface area contributed by atoms with Crippen LogP contribution in [0.5, 0.6) is 0 Å². The van der Waals surface area contributed by atoms with Crippen LogP contribution in [-0.4, -0.2) is 37.0 Å². The third kappa shape index (κ3) is 3.55. The maximum atomic E-state index is 12.4. The molecule has 1 aromatic rings. The zero-order valence-electron chi connectivity index (χ0n) is 11.2. The molecule has 0 bridgehead atoms. The number of benzene rings is 1. The fourth-order valence-corrected chi connectivity index (χ4v) is 4.08. The highest BCUT2D eigenvalue weighted by Gasteiger charge is 2.33. The van der Waals surface area contributed by atoms with E-state index in [1.165, 1.54) is 4.31 Å². The van der Waals surface area contributed by atoms with Crippen LogP contribution in [0.3, 0.4) is 0 Å². The van der Waals surface area contributed by atoms with Gasteiger partial charge in [-0.25, -0.2) is 8.42 Å². The van der Waals surface area contributed by atoms with Crippen molar-refractivity contribution < 1.29 is 13.5 Å². The van der Waals surface area contributed by atoms with Gasteiger partial charge >= 0.3 is 0 Å². The maximum absolute atomic E-state index is 12.4. The third-order valence-corrected chi connectivity index (χ3v) is 5.64. The molecule has 1 saturated carbocycles. The number of aliphatic hydroxyl groups is 1. The maximum Gasteiger partial charge on any atom is 0.218 e. The Morgan fingerprint density at radius 3 is 2.47 bits per heavy atom. The van der Waals surface area contributed by atoms with Crippen LogP contribution in [0.1, 0.15) is 31.2 Å². The zero-order valence-corrected chi connectivity index (χ0v) is 12.0. The molecule has 5 heteroatoms. The molecule has 0 spiro atoms. The predicted molar refractivity (Wildman–Crippen MR) is 75.1 cm³/mol. The van der Waals surface area contributed by atoms with Crippen molar-refractivity contribution >= 4 is 10.0 Å². The normalized spacial score (nSPS) is 24.6. The molecule has 1 N–H and O–H groups in total. The summed E-state index contributed by atoms with van der Waals surface area (Å²) in [6.45, 7) is 0. The molecular formula is C14H21NO3S. The zero-order chi connectivity index (χ0) is 13.9. The van der Waals surface area contributed by atoms with Gasteiger partial charge in [-0.05, 0) is 18.4 Å². The van der Waals surface area contributed by atoms with Crippen LogP contribution in [-0.2, 0) is 15.8 Å². The largest absolute Gasteiger partial charge is 0.391 e. The Kier molecular flexibility index (Phi) is 4.60. The molecule has 0 amide bonds. The number of sulfonamides is 1. The quantitative estimate of drug-likeness (QED) is 0.916. The molecule has 19 heavy (non-hydrogen) atoms. The van der Waals surface area contributed by atoms with E-state index in [-0.39, 0.29) is 11.8 Å². The Morgan fingerprint density at radius 2 is 1.84 bits per heavy atom. The molecular weight excluding hydrogens is 262 g/mol. The number of aliphatic hydroxyl groups excluding tert-OH is 1. The van der Waals surface area contributed by atoms with E-state index in [0.29, 0.717) is 6.42 Å². The van der Waals surface area contributed by atoms with Gasteiger partial charge in [0, 0.05) is 7.05 Å². The van der Waals surface area contributed by atoms with Crippen molar-refractivity contribution in [3.63, 3.8) is 0 Å². The van der Waals surface area contributed by atoms with Gasteiger partial charge in [-0.15, -0.1) is 0 Å². The summed E-state index contributed by atoms with van der Waals surface area (Å²) < 4.78 is 26.1. The van der Waals surface area contributed by atoms with Gasteiger partial charge in [-0.2, -0.15) is 4.31 Å². The molecule has 0 saturated heterocycles. The van der Waals surface area contributed by atoms with Crippen molar-refractivity contribution in [2.45, 2.75) is 43.6 Å². The lowest BCUT2D eigenvalue weighted by Crippen LogP contribution is -2.46. The molecule has 0 aromatic heterocycles. The van der Waals surface area contributed by atoms with Crippen molar-refractivity contribution in [3.05, 3.63) is 35.9 Å². The van der Waals surface area contributed by atoms with E-state index in [9.17, 15) is 13.5 Å². The van der Waals surface area contributed by atoms with E-state index in [1.807, 2.05) is 30.3 Å². The molecule has 2 atom stereocenters. The minimum Gasteiger partial charge on any atom is -0.391 e. The number of hydrogen-bond acceptors (Lipinski definition) is 3. The van der Waals surface area contributed by atoms with Crippen LogP contribution in [0.2, 0.25) is 0 Å². The Morgan fingerprint density at radius 1 is 1.21 bits per heavy atom. The number of nitrogens with zero attached hydrogens (tertiary/aromatic N) is 1. The Balaban J connectivity index is 2.10. The number of rotatable bonds is 4. The molecule has 1 aliphatic carbocycles. The standard InChI is InChI=1S/C14H21NO3S/c1-15(13-9-5-6-10-14(13)16)19(17,18)11-12-7-3-2-4-8-12/h2-4,7-8,13-14,16H,5-6,9-11H2,1H3/t13-,14-/m1/s1. The van der Waals surface area contributed by atoms with Gasteiger partial charge in [0.05, 0.1) is 17.9 Å². The number of hydrogen-bond donors (Lipinski definition) is 1. The fraction of sp³-hybridized carbons (Fsp3) is 0.571. The van der Waals surface area contributed by atoms with E-state index in [4.69, 9.17) is 0 Å². The van der Waals surface area contributed by atoms with Gasteiger partial charge in [-0.1, -0.05) is 43.2 Å². The second kappa shape index (κ2) is 6.03. The first-order chi connectivity index (χ1) is 9.00. The average molecular weight is 283 g/mol. The summed E-state index contributed by atoms with van der Waals surface area (Å²) in [4.78, 5) is 0. The van der Waals surface area contributed by atoms with Crippen molar-refractivity contribution in [1.29, 1.82) is 0 Å². The molecule has 0 aliphatic heterocycles. The highest BCUT2D eigenvalue weighted by Crippen LogP contribution is 2.25. The van der Waals surface area contributed by atoms with Crippen LogP contribution >= 0.6 is 0 Å². The van der Waals surface area contributed by atoms with E-state index in [2.05, 4.69) is 0 Å². The molecule has 2 rings (SSSR count). The summed E-state index contributed by atoms with van der Waals surface area (Å²) in [7, 11) is -1.79. The second-order valence-electron chi connectivity index (χ2n) is 5.18. The topological polar surface area (TPSA) is 57.6 Å². The molecule has 0 heterocycles. The summed E-state index contributed by atoms with van der Waals surface area (Å²) in [5.41, 5.74) is 0.777. The van der Waals surface area contributed by atoms with Crippen molar-refractivity contribution in [2.75, 3.05) is 7.05 Å². The summed E-state index contributed by atoms with van der Waals surface area (Å²) in [6.07, 6.45) is 2.85. The SMILES string of the molecule is CN([C@@H]1CCCC[C@H]1O)S(=O)(=O)Cc1ccccc1. The second-order valence-corrected chi connectivity index (χ2v) is 7.21. The van der Waals surface area contributed by atoms with E-state index >= 15 is 0 Å². The van der Waals surface area contributed by atoms with E-state index in [1.54, 1.807) is 7.05 Å². The van der Waals surface area contributed by atoms with Crippen LogP contribution in [0.25, 0.3) is 0 Å². The summed E-state index contributed by atoms with van der Waals surface area (Å²) in [5.74, 6) is -0.00639. The Labute approximate surface area is 115 Å². The molecule has 106 valence electrons. The van der Waals surface area contributed by atoms with Crippen LogP contribution in [0.4, 0.5) is 0 Å². The molecule has 0 radical (unpaired) electrons. The molecule has 1 fully saturated rings. The van der Waals surface area contributed by atoms with Gasteiger partial charge in [0.2, 0.25) is 10.0 Å². The third-order valence-electron chi connectivity index (χ3n) is 3.79. The first-order valence-corrected chi connectivity index (χ1v) is 8.29. The Bertz CT molecular complexity index is 501. The molecule has 1 aliphatic rings. The summed E-state index contributed by atoms with van der Waals surface area (Å²) in [6, 6.07) is 8.87. The first-order valence-electron chi connectivity index (χ1n) is 6.68. The van der Waals surface area contributed by atoms with Gasteiger partial charge in [-0.3, -0.25) is 0 Å². The van der Waals surface area contributed by atoms with Crippen LogP contribution in [0, 0.1) is 0 Å². The summed E-state index contributed by atoms with van der Waals surface area (Å²) >= 11 is 0. The lowest BCUT2D eigenvalue weighted by atomic mass is 9.93. The highest BCUT2D eigenvalue weighted by molar-refractivity contribution is 7.88. The molecule has 1 aromatic carbocycles. The van der Waals surface area contributed by atoms with Gasteiger partial charge in [0.15, 0.2) is 0 Å². The highest BCUT2D eigenvalue weighted by atomic mass is 32.2. The smallest absolute Gasteiger partial charge is 0.218 e. The van der Waals surface area contributed by atoms with Crippen LogP contribution < -0.4 is 0 Å². The molecule has 4 nitrogen and oxygen atoms in total. The van der Waals surface area contributed by atoms with E-state index in [0.717, 1.165) is 24.8 Å². The predicted octanol–water partition coefficient (Wildman–Crippen LogP) is 1.75. The van der Waals surface area contributed by atoms with Crippen molar-refractivity contribution in [1.82, 2.24) is 4.31 Å². The van der Waals surface area contributed by atoms with E-state index < -0.39 is 16.1 Å². The first kappa shape index (κ1) is 14.5. The fourth-order valence-electron chi connectivity index (χ4n) is 2.61. The lowest BCUT2D eigenvalue weighted by molar-refractivity contribution is 0.0637. The minimum absolute atomic E-state index is 0.00639. The minimum atomic E-state index is -3.37. The Hall–Kier alpha value is -0.910. The lowest BCUT2D eigenvalue weighted by Gasteiger charge is -2.34. The van der Waals surface area contributed by atoms with Gasteiger partial charge in [0.25, 0.3) is 0 Å². The monoisotopic (exact) mass is 283 g/mol. The van der Waals surface area contributed by atoms with Crippen molar-refractivity contribution in [3.8, 4) is 0 Å². The van der Waals surface area contributed by atoms with Crippen molar-refractivity contribution in [2.24, 2.45) is 0 Å². The number of likely N-dealkylation sites (N-methyl/N-ethyl adjacent to an activating group) is 1. The van der Waals surface area contributed by atoms with Crippen LogP contribution in [0.15, 0.2) is 30.3 Å². The molecule has 0 unspecified atom stereocenters.